The molecule has 0 spiro atoms. The smallest absolute Gasteiger partial charge is 0.405 e. The molecule has 2 amide bonds. The molecule has 0 aliphatic carbocycles. The molecule has 0 bridgehead atoms. The number of nitrogens with zero attached hydrogens (tertiary/aromatic N) is 2. The summed E-state index contributed by atoms with van der Waals surface area (Å²) in [5.41, 5.74) is -2.24. The van der Waals surface area contributed by atoms with Crippen molar-refractivity contribution in [3.05, 3.63) is 29.5 Å². The van der Waals surface area contributed by atoms with Gasteiger partial charge in [-0.2, -0.15) is 8.42 Å². The number of aromatic nitrogens is 1. The van der Waals surface area contributed by atoms with Crippen LogP contribution in [0.4, 0.5) is 18.9 Å². The van der Waals surface area contributed by atoms with E-state index in [1.165, 1.54) is 4.72 Å². The fraction of sp³-hybridized carbons (Fsp3) is 0.421. The number of morpholine rings is 1. The zero-order valence-corrected chi connectivity index (χ0v) is 20.8. The Balaban J connectivity index is 1.72. The Hall–Kier alpha value is -3.42. The second-order valence-electron chi connectivity index (χ2n) is 8.01. The molecular formula is C19H20F3N5O9S2. The minimum Gasteiger partial charge on any atom is -0.405 e. The van der Waals surface area contributed by atoms with E-state index < -0.39 is 83.6 Å². The minimum absolute atomic E-state index is 0.129. The van der Waals surface area contributed by atoms with Gasteiger partial charge in [0.1, 0.15) is 16.2 Å². The van der Waals surface area contributed by atoms with Crippen molar-refractivity contribution in [3.63, 3.8) is 0 Å². The highest BCUT2D eigenvalue weighted by molar-refractivity contribution is 7.92. The van der Waals surface area contributed by atoms with Crippen LogP contribution in [0.3, 0.4) is 0 Å². The summed E-state index contributed by atoms with van der Waals surface area (Å²) in [4.78, 5) is 25.7. The zero-order chi connectivity index (χ0) is 27.7. The molecule has 0 radical (unpaired) electrons. The van der Waals surface area contributed by atoms with Crippen LogP contribution >= 0.6 is 0 Å². The molecule has 2 aliphatic rings. The molecule has 19 heteroatoms. The van der Waals surface area contributed by atoms with Crippen molar-refractivity contribution >= 4 is 37.5 Å². The molecule has 3 N–H and O–H groups in total. The van der Waals surface area contributed by atoms with E-state index in [0.29, 0.717) is 32.4 Å². The Morgan fingerprint density at radius 3 is 2.61 bits per heavy atom. The number of anilines is 1. The number of carbonyl (C=O) groups is 2. The van der Waals surface area contributed by atoms with E-state index in [1.807, 2.05) is 9.62 Å². The average molecular weight is 584 g/mol. The first-order chi connectivity index (χ1) is 17.8. The van der Waals surface area contributed by atoms with Crippen molar-refractivity contribution in [2.75, 3.05) is 37.7 Å². The van der Waals surface area contributed by atoms with Crippen molar-refractivity contribution in [3.8, 4) is 5.75 Å². The van der Waals surface area contributed by atoms with Gasteiger partial charge in [0.15, 0.2) is 0 Å². The molecule has 0 unspecified atom stereocenters. The Morgan fingerprint density at radius 1 is 1.26 bits per heavy atom. The molecule has 3 heterocycles. The van der Waals surface area contributed by atoms with Gasteiger partial charge < -0.3 is 19.3 Å². The second-order valence-corrected chi connectivity index (χ2v) is 11.3. The molecule has 1 aromatic heterocycles. The highest BCUT2D eigenvalue weighted by Crippen LogP contribution is 2.42. The number of fused-ring (bicyclic) bond motifs is 1. The van der Waals surface area contributed by atoms with Crippen LogP contribution in [-0.4, -0.2) is 78.0 Å². The molecule has 2 aliphatic heterocycles. The quantitative estimate of drug-likeness (QED) is 0.365. The maximum atomic E-state index is 13.4. The molecule has 0 atom stereocenters. The van der Waals surface area contributed by atoms with Crippen LogP contribution in [0.5, 0.6) is 5.75 Å². The number of carbonyl (C=O) groups excluding carboxylic acids is 2. The second kappa shape index (κ2) is 10.4. The van der Waals surface area contributed by atoms with Crippen molar-refractivity contribution in [2.45, 2.75) is 29.2 Å². The first kappa shape index (κ1) is 27.6. The van der Waals surface area contributed by atoms with Crippen molar-refractivity contribution < 1.29 is 53.6 Å². The minimum atomic E-state index is -5.41. The fourth-order valence-electron chi connectivity index (χ4n) is 3.72. The lowest BCUT2D eigenvalue weighted by atomic mass is 10.0. The summed E-state index contributed by atoms with van der Waals surface area (Å²) in [6, 6.07) is 1.60. The highest BCUT2D eigenvalue weighted by atomic mass is 32.2. The van der Waals surface area contributed by atoms with E-state index in [-0.39, 0.29) is 6.67 Å². The lowest BCUT2D eigenvalue weighted by molar-refractivity contribution is -0.275. The number of sulfonamides is 2. The molecule has 1 aromatic carbocycles. The summed E-state index contributed by atoms with van der Waals surface area (Å²) in [5.74, 6) is -3.29. The third-order valence-corrected chi connectivity index (χ3v) is 8.02. The summed E-state index contributed by atoms with van der Waals surface area (Å²) in [6.45, 7) is 2.15. The number of hydrogen-bond donors (Lipinski definition) is 3. The van der Waals surface area contributed by atoms with Crippen LogP contribution in [0.25, 0.3) is 0 Å². The molecular weight excluding hydrogens is 563 g/mol. The lowest BCUT2D eigenvalue weighted by Gasteiger charge is -2.26. The third kappa shape index (κ3) is 6.17. The number of nitrogens with one attached hydrogen (secondary N) is 3. The summed E-state index contributed by atoms with van der Waals surface area (Å²) >= 11 is 0. The van der Waals surface area contributed by atoms with Gasteiger partial charge in [-0.25, -0.2) is 13.1 Å². The number of alkyl halides is 3. The molecule has 14 nitrogen and oxygen atoms in total. The Kier molecular flexibility index (Phi) is 7.55. The van der Waals surface area contributed by atoms with Gasteiger partial charge in [-0.3, -0.25) is 19.2 Å². The van der Waals surface area contributed by atoms with E-state index in [2.05, 4.69) is 19.7 Å². The number of amides is 2. The maximum Gasteiger partial charge on any atom is 0.573 e. The van der Waals surface area contributed by atoms with E-state index >= 15 is 0 Å². The van der Waals surface area contributed by atoms with Gasteiger partial charge in [0, 0.05) is 31.1 Å². The molecule has 4 rings (SSSR count). The molecule has 0 saturated carbocycles. The van der Waals surface area contributed by atoms with Gasteiger partial charge >= 0.3 is 6.36 Å². The molecule has 1 saturated heterocycles. The predicted octanol–water partition coefficient (Wildman–Crippen LogP) is 0.145. The SMILES string of the molecule is O=C(CCc1c(NS(=O)(=O)c2ccno2)cc2c(c1OC(F)(F)F)C(=O)NS2(=O)=O)NCN1CCOCC1. The van der Waals surface area contributed by atoms with Crippen LogP contribution < -0.4 is 19.5 Å². The molecule has 1 fully saturated rings. The number of rotatable bonds is 9. The zero-order valence-electron chi connectivity index (χ0n) is 19.2. The summed E-state index contributed by atoms with van der Waals surface area (Å²) < 4.78 is 108. The van der Waals surface area contributed by atoms with E-state index in [0.717, 1.165) is 12.3 Å². The van der Waals surface area contributed by atoms with Crippen LogP contribution in [0.15, 0.2) is 32.8 Å². The average Bonchev–Trinajstić information content (AvgIpc) is 3.44. The van der Waals surface area contributed by atoms with E-state index in [4.69, 9.17) is 4.74 Å². The lowest BCUT2D eigenvalue weighted by Crippen LogP contribution is -2.43. The van der Waals surface area contributed by atoms with E-state index in [9.17, 15) is 39.6 Å². The van der Waals surface area contributed by atoms with Crippen LogP contribution in [0.1, 0.15) is 22.3 Å². The van der Waals surface area contributed by atoms with Crippen molar-refractivity contribution in [1.29, 1.82) is 0 Å². The molecule has 38 heavy (non-hydrogen) atoms. The van der Waals surface area contributed by atoms with Gasteiger partial charge in [-0.05, 0) is 12.5 Å². The normalized spacial score (nSPS) is 17.5. The maximum absolute atomic E-state index is 13.4. The first-order valence-corrected chi connectivity index (χ1v) is 13.8. The fourth-order valence-corrected chi connectivity index (χ4v) is 5.86. The van der Waals surface area contributed by atoms with E-state index in [1.54, 1.807) is 0 Å². The van der Waals surface area contributed by atoms with Crippen molar-refractivity contribution in [2.24, 2.45) is 0 Å². The number of benzene rings is 1. The number of halogens is 3. The molecule has 208 valence electrons. The van der Waals surface area contributed by atoms with Crippen molar-refractivity contribution in [1.82, 2.24) is 20.1 Å². The highest BCUT2D eigenvalue weighted by Gasteiger charge is 2.43. The third-order valence-electron chi connectivity index (χ3n) is 5.44. The number of hydrogen-bond acceptors (Lipinski definition) is 11. The van der Waals surface area contributed by atoms with Gasteiger partial charge in [-0.15, -0.1) is 13.2 Å². The first-order valence-electron chi connectivity index (χ1n) is 10.8. The summed E-state index contributed by atoms with van der Waals surface area (Å²) in [5, 5.41) is 5.10. The largest absolute Gasteiger partial charge is 0.573 e. The standard InChI is InChI=1S/C19H20F3N5O9S2/c20-19(21,22)35-17-11(1-2-14(28)23-10-27-5-7-34-8-6-27)12(25-38(32,33)15-3-4-24-36-15)9-13-16(17)18(29)26-37(13,30)31/h3-4,9,25H,1-2,5-8,10H2,(H,23,28)(H,26,29). The van der Waals surface area contributed by atoms with Crippen LogP contribution in [0.2, 0.25) is 0 Å². The van der Waals surface area contributed by atoms with Gasteiger partial charge in [0.05, 0.1) is 31.8 Å². The Bertz CT molecular complexity index is 1440. The molecule has 2 aromatic rings. The number of ether oxygens (including phenoxy) is 2. The summed E-state index contributed by atoms with van der Waals surface area (Å²) in [6.07, 6.45) is -5.46. The van der Waals surface area contributed by atoms with Gasteiger partial charge in [-0.1, -0.05) is 5.16 Å². The van der Waals surface area contributed by atoms with Gasteiger partial charge in [0.25, 0.3) is 31.0 Å². The Labute approximate surface area is 213 Å². The van der Waals surface area contributed by atoms with Crippen LogP contribution in [-0.2, 0) is 36.0 Å². The van der Waals surface area contributed by atoms with Crippen LogP contribution in [0, 0.1) is 0 Å². The predicted molar refractivity (Wildman–Crippen MR) is 119 cm³/mol. The Morgan fingerprint density at radius 2 is 1.97 bits per heavy atom. The summed E-state index contributed by atoms with van der Waals surface area (Å²) in [7, 11) is -9.27. The monoisotopic (exact) mass is 583 g/mol. The topological polar surface area (TPSA) is 186 Å². The van der Waals surface area contributed by atoms with Gasteiger partial charge in [0.2, 0.25) is 5.91 Å².